The van der Waals surface area contributed by atoms with Gasteiger partial charge in [-0.15, -0.1) is 0 Å². The second-order valence-electron chi connectivity index (χ2n) is 3.15. The third kappa shape index (κ3) is 4.45. The number of methoxy groups -OCH3 is 1. The summed E-state index contributed by atoms with van der Waals surface area (Å²) in [4.78, 5) is 9.47. The summed E-state index contributed by atoms with van der Waals surface area (Å²) in [6.07, 6.45) is 3.03. The minimum Gasteiger partial charge on any atom is -0.497 e. The summed E-state index contributed by atoms with van der Waals surface area (Å²) in [7, 11) is 1.62. The topological polar surface area (TPSA) is 64.4 Å². The molecule has 0 atom stereocenters. The van der Waals surface area contributed by atoms with Crippen molar-refractivity contribution in [3.63, 3.8) is 0 Å². The number of benzene rings is 1. The number of rotatable bonds is 6. The monoisotopic (exact) mass is 222 g/mol. The average Bonchev–Trinajstić information content (AvgIpc) is 2.29. The van der Waals surface area contributed by atoms with Crippen LogP contribution in [0.5, 0.6) is 5.75 Å². The largest absolute Gasteiger partial charge is 0.497 e. The maximum absolute atomic E-state index is 9.97. The first-order valence-corrected chi connectivity index (χ1v) is 4.89. The van der Waals surface area contributed by atoms with Gasteiger partial charge < -0.3 is 10.1 Å². The van der Waals surface area contributed by atoms with Crippen LogP contribution in [0.25, 0.3) is 0 Å². The Morgan fingerprint density at radius 1 is 1.44 bits per heavy atom. The highest BCUT2D eigenvalue weighted by Gasteiger charge is 1.93. The predicted molar refractivity (Wildman–Crippen MR) is 60.8 cm³/mol. The van der Waals surface area contributed by atoms with E-state index in [4.69, 9.17) is 4.74 Å². The van der Waals surface area contributed by atoms with E-state index in [0.717, 1.165) is 23.9 Å². The first-order valence-electron chi connectivity index (χ1n) is 4.89. The zero-order valence-electron chi connectivity index (χ0n) is 9.05. The van der Waals surface area contributed by atoms with Crippen LogP contribution in [0.3, 0.4) is 0 Å². The van der Waals surface area contributed by atoms with E-state index in [1.165, 1.54) is 6.20 Å². The van der Waals surface area contributed by atoms with Crippen molar-refractivity contribution in [1.29, 1.82) is 0 Å². The highest BCUT2D eigenvalue weighted by atomic mass is 16.6. The molecule has 5 heteroatoms. The van der Waals surface area contributed by atoms with Gasteiger partial charge in [0.2, 0.25) is 6.20 Å². The standard InChI is InChI=1S/C11H14N2O3/c1-16-11-4-2-10(3-5-11)6-7-12-8-9-13(14)15/h2-5,8-9,12H,6-7H2,1H3. The number of nitrogens with zero attached hydrogens (tertiary/aromatic N) is 1. The fourth-order valence-corrected chi connectivity index (χ4v) is 1.21. The zero-order chi connectivity index (χ0) is 11.8. The summed E-state index contributed by atoms with van der Waals surface area (Å²) in [6, 6.07) is 7.72. The van der Waals surface area contributed by atoms with Gasteiger partial charge in [-0.1, -0.05) is 12.1 Å². The third-order valence-corrected chi connectivity index (χ3v) is 2.03. The summed E-state index contributed by atoms with van der Waals surface area (Å²) in [5.41, 5.74) is 1.16. The summed E-state index contributed by atoms with van der Waals surface area (Å²) < 4.78 is 5.04. The summed E-state index contributed by atoms with van der Waals surface area (Å²) in [6.45, 7) is 0.663. The Morgan fingerprint density at radius 2 is 2.12 bits per heavy atom. The van der Waals surface area contributed by atoms with Crippen molar-refractivity contribution in [2.45, 2.75) is 6.42 Å². The molecule has 16 heavy (non-hydrogen) atoms. The lowest BCUT2D eigenvalue weighted by Crippen LogP contribution is -2.10. The Labute approximate surface area is 93.9 Å². The van der Waals surface area contributed by atoms with Gasteiger partial charge >= 0.3 is 0 Å². The van der Waals surface area contributed by atoms with E-state index < -0.39 is 4.92 Å². The molecule has 5 nitrogen and oxygen atoms in total. The molecule has 0 aliphatic carbocycles. The van der Waals surface area contributed by atoms with Crippen molar-refractivity contribution in [2.24, 2.45) is 0 Å². The van der Waals surface area contributed by atoms with Gasteiger partial charge in [0.1, 0.15) is 5.75 Å². The van der Waals surface area contributed by atoms with Crippen molar-refractivity contribution in [1.82, 2.24) is 5.32 Å². The lowest BCUT2D eigenvalue weighted by molar-refractivity contribution is -0.402. The fraction of sp³-hybridized carbons (Fsp3) is 0.273. The van der Waals surface area contributed by atoms with E-state index >= 15 is 0 Å². The van der Waals surface area contributed by atoms with Gasteiger partial charge in [-0.3, -0.25) is 10.1 Å². The van der Waals surface area contributed by atoms with Gasteiger partial charge in [-0.2, -0.15) is 0 Å². The summed E-state index contributed by atoms with van der Waals surface area (Å²) in [5, 5.41) is 12.8. The minimum absolute atomic E-state index is 0.500. The van der Waals surface area contributed by atoms with E-state index in [-0.39, 0.29) is 0 Å². The zero-order valence-corrected chi connectivity index (χ0v) is 9.05. The van der Waals surface area contributed by atoms with Crippen molar-refractivity contribution < 1.29 is 9.66 Å². The summed E-state index contributed by atoms with van der Waals surface area (Å²) >= 11 is 0. The molecule has 0 aromatic heterocycles. The van der Waals surface area contributed by atoms with Crippen LogP contribution >= 0.6 is 0 Å². The molecule has 0 bridgehead atoms. The van der Waals surface area contributed by atoms with E-state index in [2.05, 4.69) is 5.32 Å². The molecule has 0 radical (unpaired) electrons. The Kier molecular flexibility index (Phi) is 4.85. The van der Waals surface area contributed by atoms with Gasteiger partial charge in [0.15, 0.2) is 0 Å². The van der Waals surface area contributed by atoms with E-state index in [1.807, 2.05) is 24.3 Å². The van der Waals surface area contributed by atoms with Gasteiger partial charge in [0, 0.05) is 6.54 Å². The van der Waals surface area contributed by atoms with Crippen LogP contribution in [0.15, 0.2) is 36.7 Å². The number of nitro groups is 1. The number of hydrogen-bond acceptors (Lipinski definition) is 4. The van der Waals surface area contributed by atoms with Gasteiger partial charge in [-0.05, 0) is 24.1 Å². The quantitative estimate of drug-likeness (QED) is 0.451. The SMILES string of the molecule is COc1ccc(CCNC=C[N+](=O)[O-])cc1. The molecule has 0 spiro atoms. The molecule has 1 rings (SSSR count). The van der Waals surface area contributed by atoms with Crippen LogP contribution in [-0.4, -0.2) is 18.6 Å². The smallest absolute Gasteiger partial charge is 0.249 e. The second kappa shape index (κ2) is 6.44. The molecule has 1 aromatic carbocycles. The second-order valence-corrected chi connectivity index (χ2v) is 3.15. The highest BCUT2D eigenvalue weighted by molar-refractivity contribution is 5.27. The summed E-state index contributed by atoms with van der Waals surface area (Å²) in [5.74, 6) is 0.824. The van der Waals surface area contributed by atoms with Crippen LogP contribution < -0.4 is 10.1 Å². The first kappa shape index (κ1) is 12.0. The molecule has 0 saturated heterocycles. The molecule has 0 unspecified atom stereocenters. The molecule has 0 saturated carbocycles. The lowest BCUT2D eigenvalue weighted by Gasteiger charge is -2.03. The maximum Gasteiger partial charge on any atom is 0.249 e. The predicted octanol–water partition coefficient (Wildman–Crippen LogP) is 1.58. The van der Waals surface area contributed by atoms with Crippen molar-refractivity contribution in [2.75, 3.05) is 13.7 Å². The van der Waals surface area contributed by atoms with Gasteiger partial charge in [0.05, 0.1) is 18.2 Å². The molecule has 1 N–H and O–H groups in total. The van der Waals surface area contributed by atoms with Crippen LogP contribution in [0.1, 0.15) is 5.56 Å². The Bertz CT molecular complexity index is 360. The molecule has 0 aliphatic heterocycles. The Morgan fingerprint density at radius 3 is 2.69 bits per heavy atom. The normalized spacial score (nSPS) is 10.3. The molecule has 86 valence electrons. The average molecular weight is 222 g/mol. The maximum atomic E-state index is 9.97. The molecule has 1 aromatic rings. The van der Waals surface area contributed by atoms with Crippen molar-refractivity contribution in [3.05, 3.63) is 52.3 Å². The van der Waals surface area contributed by atoms with Crippen LogP contribution in [0.4, 0.5) is 0 Å². The molecule has 0 heterocycles. The number of hydrogen-bond donors (Lipinski definition) is 1. The molecular weight excluding hydrogens is 208 g/mol. The fourth-order valence-electron chi connectivity index (χ4n) is 1.21. The molecule has 0 amide bonds. The first-order chi connectivity index (χ1) is 7.72. The third-order valence-electron chi connectivity index (χ3n) is 2.03. The number of nitrogens with one attached hydrogen (secondary N) is 1. The van der Waals surface area contributed by atoms with Gasteiger partial charge in [-0.25, -0.2) is 0 Å². The van der Waals surface area contributed by atoms with Crippen LogP contribution in [0.2, 0.25) is 0 Å². The molecule has 0 fully saturated rings. The highest BCUT2D eigenvalue weighted by Crippen LogP contribution is 2.11. The molecular formula is C11H14N2O3. The Hall–Kier alpha value is -2.04. The molecule has 0 aliphatic rings. The van der Waals surface area contributed by atoms with Gasteiger partial charge in [0.25, 0.3) is 0 Å². The lowest BCUT2D eigenvalue weighted by atomic mass is 10.1. The Balaban J connectivity index is 2.29. The number of ether oxygens (including phenoxy) is 1. The van der Waals surface area contributed by atoms with E-state index in [0.29, 0.717) is 6.54 Å². The van der Waals surface area contributed by atoms with E-state index in [1.54, 1.807) is 7.11 Å². The van der Waals surface area contributed by atoms with Crippen molar-refractivity contribution >= 4 is 0 Å². The van der Waals surface area contributed by atoms with Crippen molar-refractivity contribution in [3.8, 4) is 5.75 Å². The minimum atomic E-state index is -0.500. The van der Waals surface area contributed by atoms with Crippen LogP contribution in [-0.2, 0) is 6.42 Å². The van der Waals surface area contributed by atoms with Crippen LogP contribution in [0, 0.1) is 10.1 Å². The van der Waals surface area contributed by atoms with E-state index in [9.17, 15) is 10.1 Å².